The molecule has 1 fully saturated rings. The minimum Gasteiger partial charge on any atom is -0.311 e. The third-order valence-electron chi connectivity index (χ3n) is 6.07. The van der Waals surface area contributed by atoms with Gasteiger partial charge in [-0.25, -0.2) is 0 Å². The number of carbonyl (C=O) groups excluding carboxylic acids is 1. The average Bonchev–Trinajstić information content (AvgIpc) is 3.27. The number of hydrogen-bond donors (Lipinski definition) is 1. The molecule has 0 aromatic heterocycles. The van der Waals surface area contributed by atoms with Gasteiger partial charge in [-0.05, 0) is 33.7 Å². The molecule has 2 aliphatic heterocycles. The molecule has 1 N–H and O–H groups in total. The Balaban J connectivity index is 1.78. The minimum absolute atomic E-state index is 0.118. The fourth-order valence-corrected chi connectivity index (χ4v) is 4.98. The summed E-state index contributed by atoms with van der Waals surface area (Å²) in [6, 6.07) is 27.3. The lowest BCUT2D eigenvalue weighted by atomic mass is 9.86. The Bertz CT molecular complexity index is 1250. The van der Waals surface area contributed by atoms with E-state index in [1.54, 1.807) is 0 Å². The third kappa shape index (κ3) is 1.77. The summed E-state index contributed by atoms with van der Waals surface area (Å²) in [5, 5.41) is 8.56. The van der Waals surface area contributed by atoms with E-state index in [-0.39, 0.29) is 5.91 Å². The van der Waals surface area contributed by atoms with Gasteiger partial charge in [0.1, 0.15) is 5.66 Å². The van der Waals surface area contributed by atoms with Crippen molar-refractivity contribution in [3.8, 4) is 0 Å². The average molecular weight is 350 g/mol. The van der Waals surface area contributed by atoms with E-state index in [0.29, 0.717) is 6.54 Å². The molecule has 1 amide bonds. The van der Waals surface area contributed by atoms with Crippen LogP contribution in [0.2, 0.25) is 0 Å². The monoisotopic (exact) mass is 350 g/mol. The molecule has 1 unspecified atom stereocenters. The molecule has 6 rings (SSSR count). The smallest absolute Gasteiger partial charge is 0.256 e. The summed E-state index contributed by atoms with van der Waals surface area (Å²) < 4.78 is 0. The van der Waals surface area contributed by atoms with Gasteiger partial charge in [0.2, 0.25) is 0 Å². The van der Waals surface area contributed by atoms with Crippen molar-refractivity contribution in [1.29, 1.82) is 0 Å². The van der Waals surface area contributed by atoms with Gasteiger partial charge >= 0.3 is 0 Å². The van der Waals surface area contributed by atoms with E-state index in [1.165, 1.54) is 21.5 Å². The lowest BCUT2D eigenvalue weighted by molar-refractivity contribution is 0.0696. The molecule has 0 spiro atoms. The van der Waals surface area contributed by atoms with Crippen molar-refractivity contribution >= 4 is 27.5 Å². The summed E-state index contributed by atoms with van der Waals surface area (Å²) in [5.41, 5.74) is 2.44. The van der Waals surface area contributed by atoms with Crippen LogP contribution < -0.4 is 5.32 Å². The molecule has 0 aliphatic carbocycles. The topological polar surface area (TPSA) is 32.3 Å². The van der Waals surface area contributed by atoms with E-state index < -0.39 is 5.66 Å². The molecule has 2 heterocycles. The van der Waals surface area contributed by atoms with Gasteiger partial charge in [-0.3, -0.25) is 10.1 Å². The van der Waals surface area contributed by atoms with Gasteiger partial charge in [-0.15, -0.1) is 0 Å². The molecular formula is C24H18N2O. The summed E-state index contributed by atoms with van der Waals surface area (Å²) in [6.07, 6.45) is 0. The summed E-state index contributed by atoms with van der Waals surface area (Å²) in [4.78, 5) is 15.2. The Labute approximate surface area is 157 Å². The highest BCUT2D eigenvalue weighted by atomic mass is 16.2. The number of benzene rings is 4. The van der Waals surface area contributed by atoms with Gasteiger partial charge in [-0.2, -0.15) is 0 Å². The largest absolute Gasteiger partial charge is 0.311 e. The first-order valence-corrected chi connectivity index (χ1v) is 9.38. The van der Waals surface area contributed by atoms with Crippen LogP contribution >= 0.6 is 0 Å². The predicted molar refractivity (Wildman–Crippen MR) is 108 cm³/mol. The first-order valence-electron chi connectivity index (χ1n) is 9.38. The molecule has 1 atom stereocenters. The number of fused-ring (bicyclic) bond motifs is 6. The lowest BCUT2D eigenvalue weighted by Gasteiger charge is -2.35. The molecule has 0 radical (unpaired) electrons. The zero-order chi connectivity index (χ0) is 18.0. The minimum atomic E-state index is -0.586. The van der Waals surface area contributed by atoms with Crippen LogP contribution in [0.1, 0.15) is 21.5 Å². The number of nitrogens with zero attached hydrogens (tertiary/aromatic N) is 1. The SMILES string of the molecule is O=C1c2ccccc2C2(c3cc4ccccc4c4ccccc34)NCCN12. The number of nitrogens with one attached hydrogen (secondary N) is 1. The van der Waals surface area contributed by atoms with Gasteiger partial charge in [0.05, 0.1) is 0 Å². The van der Waals surface area contributed by atoms with E-state index in [1.807, 2.05) is 23.1 Å². The lowest BCUT2D eigenvalue weighted by Crippen LogP contribution is -2.47. The van der Waals surface area contributed by atoms with Crippen molar-refractivity contribution in [2.75, 3.05) is 13.1 Å². The number of carbonyl (C=O) groups is 1. The fraction of sp³-hybridized carbons (Fsp3) is 0.125. The molecule has 0 bridgehead atoms. The van der Waals surface area contributed by atoms with Gasteiger partial charge < -0.3 is 4.90 Å². The molecule has 0 saturated carbocycles. The quantitative estimate of drug-likeness (QED) is 0.521. The summed E-state index contributed by atoms with van der Waals surface area (Å²) >= 11 is 0. The summed E-state index contributed by atoms with van der Waals surface area (Å²) in [6.45, 7) is 1.51. The van der Waals surface area contributed by atoms with E-state index in [2.05, 4.69) is 66.0 Å². The van der Waals surface area contributed by atoms with Crippen molar-refractivity contribution < 1.29 is 4.79 Å². The van der Waals surface area contributed by atoms with E-state index in [4.69, 9.17) is 0 Å². The zero-order valence-corrected chi connectivity index (χ0v) is 14.8. The highest BCUT2D eigenvalue weighted by molar-refractivity contribution is 6.10. The van der Waals surface area contributed by atoms with Crippen molar-refractivity contribution in [2.45, 2.75) is 5.66 Å². The van der Waals surface area contributed by atoms with Crippen LogP contribution in [-0.4, -0.2) is 23.9 Å². The van der Waals surface area contributed by atoms with Gasteiger partial charge in [0.15, 0.2) is 0 Å². The maximum Gasteiger partial charge on any atom is 0.256 e. The van der Waals surface area contributed by atoms with Crippen LogP contribution in [0.3, 0.4) is 0 Å². The Morgan fingerprint density at radius 1 is 0.778 bits per heavy atom. The Morgan fingerprint density at radius 2 is 1.48 bits per heavy atom. The molecule has 4 aromatic rings. The molecule has 1 saturated heterocycles. The number of hydrogen-bond acceptors (Lipinski definition) is 2. The molecule has 27 heavy (non-hydrogen) atoms. The summed E-state index contributed by atoms with van der Waals surface area (Å²) in [5.74, 6) is 0.118. The van der Waals surface area contributed by atoms with Crippen molar-refractivity contribution in [2.24, 2.45) is 0 Å². The Hall–Kier alpha value is -3.17. The first-order chi connectivity index (χ1) is 13.3. The van der Waals surface area contributed by atoms with Crippen LogP contribution in [0.15, 0.2) is 78.9 Å². The van der Waals surface area contributed by atoms with E-state index in [9.17, 15) is 4.79 Å². The number of rotatable bonds is 1. The number of amides is 1. The maximum atomic E-state index is 13.1. The second-order valence-electron chi connectivity index (χ2n) is 7.33. The molecule has 2 aliphatic rings. The van der Waals surface area contributed by atoms with Crippen molar-refractivity contribution in [3.63, 3.8) is 0 Å². The van der Waals surface area contributed by atoms with Crippen molar-refractivity contribution in [1.82, 2.24) is 10.2 Å². The van der Waals surface area contributed by atoms with Crippen LogP contribution in [0.4, 0.5) is 0 Å². The van der Waals surface area contributed by atoms with Crippen LogP contribution in [-0.2, 0) is 5.66 Å². The Morgan fingerprint density at radius 3 is 2.37 bits per heavy atom. The first kappa shape index (κ1) is 14.9. The maximum absolute atomic E-state index is 13.1. The highest BCUT2D eigenvalue weighted by Gasteiger charge is 2.54. The van der Waals surface area contributed by atoms with Crippen LogP contribution in [0, 0.1) is 0 Å². The van der Waals surface area contributed by atoms with Gasteiger partial charge in [-0.1, -0.05) is 66.7 Å². The molecule has 3 nitrogen and oxygen atoms in total. The molecule has 3 heteroatoms. The zero-order valence-electron chi connectivity index (χ0n) is 14.8. The normalized spacial score (nSPS) is 21.0. The second-order valence-corrected chi connectivity index (χ2v) is 7.33. The fourth-order valence-electron chi connectivity index (χ4n) is 4.98. The van der Waals surface area contributed by atoms with Gasteiger partial charge in [0, 0.05) is 29.8 Å². The van der Waals surface area contributed by atoms with Crippen LogP contribution in [0.25, 0.3) is 21.5 Å². The Kier molecular flexibility index (Phi) is 2.87. The molecular weight excluding hydrogens is 332 g/mol. The van der Waals surface area contributed by atoms with E-state index >= 15 is 0 Å². The standard InChI is InChI=1S/C24H18N2O/c27-23-20-11-5-6-12-21(20)24(25-13-14-26(23)24)22-15-16-7-1-2-8-17(16)18-9-3-4-10-19(18)22/h1-12,15,25H,13-14H2. The van der Waals surface area contributed by atoms with Crippen molar-refractivity contribution in [3.05, 3.63) is 95.6 Å². The summed E-state index contributed by atoms with van der Waals surface area (Å²) in [7, 11) is 0. The van der Waals surface area contributed by atoms with Gasteiger partial charge in [0.25, 0.3) is 5.91 Å². The van der Waals surface area contributed by atoms with E-state index in [0.717, 1.165) is 23.2 Å². The highest BCUT2D eigenvalue weighted by Crippen LogP contribution is 2.47. The predicted octanol–water partition coefficient (Wildman–Crippen LogP) is 4.25. The third-order valence-corrected chi connectivity index (χ3v) is 6.07. The van der Waals surface area contributed by atoms with Crippen LogP contribution in [0.5, 0.6) is 0 Å². The second kappa shape index (κ2) is 5.18. The molecule has 130 valence electrons. The molecule has 4 aromatic carbocycles.